The second kappa shape index (κ2) is 4.30. The van der Waals surface area contributed by atoms with Crippen molar-refractivity contribution in [2.24, 2.45) is 5.92 Å². The van der Waals surface area contributed by atoms with E-state index in [2.05, 4.69) is 12.8 Å². The van der Waals surface area contributed by atoms with E-state index in [1.54, 1.807) is 7.11 Å². The molecule has 0 amide bonds. The standard InChI is InChI=1S/C7H15NO2S/c1-10-5-6-4-8(11)3-2-7(6)9/h6-7,9,11H,2-5H2,1H3. The number of methoxy groups -OCH3 is 1. The second-order valence-corrected chi connectivity index (χ2v) is 3.55. The fourth-order valence-electron chi connectivity index (χ4n) is 1.38. The Hall–Kier alpha value is 0.230. The summed E-state index contributed by atoms with van der Waals surface area (Å²) in [4.78, 5) is 0. The minimum absolute atomic E-state index is 0.210. The Bertz CT molecular complexity index is 123. The maximum atomic E-state index is 9.48. The average Bonchev–Trinajstić information content (AvgIpc) is 1.98. The monoisotopic (exact) mass is 177 g/mol. The van der Waals surface area contributed by atoms with Crippen molar-refractivity contribution in [1.82, 2.24) is 4.31 Å². The third-order valence-electron chi connectivity index (χ3n) is 2.05. The quantitative estimate of drug-likeness (QED) is 0.589. The van der Waals surface area contributed by atoms with Gasteiger partial charge >= 0.3 is 0 Å². The van der Waals surface area contributed by atoms with E-state index in [-0.39, 0.29) is 12.0 Å². The van der Waals surface area contributed by atoms with Gasteiger partial charge in [0.25, 0.3) is 0 Å². The predicted molar refractivity (Wildman–Crippen MR) is 46.5 cm³/mol. The van der Waals surface area contributed by atoms with Crippen LogP contribution >= 0.6 is 12.8 Å². The molecule has 0 aromatic carbocycles. The predicted octanol–water partition coefficient (Wildman–Crippen LogP) is 0.160. The van der Waals surface area contributed by atoms with Gasteiger partial charge in [-0.05, 0) is 6.42 Å². The highest BCUT2D eigenvalue weighted by atomic mass is 32.1. The van der Waals surface area contributed by atoms with Crippen LogP contribution in [0, 0.1) is 5.92 Å². The first kappa shape index (κ1) is 9.32. The Kier molecular flexibility index (Phi) is 3.65. The van der Waals surface area contributed by atoms with E-state index in [0.29, 0.717) is 6.61 Å². The molecule has 0 aromatic heterocycles. The Balaban J connectivity index is 2.34. The first-order chi connectivity index (χ1) is 5.24. The van der Waals surface area contributed by atoms with Crippen LogP contribution < -0.4 is 0 Å². The summed E-state index contributed by atoms with van der Waals surface area (Å²) < 4.78 is 6.91. The van der Waals surface area contributed by atoms with E-state index >= 15 is 0 Å². The van der Waals surface area contributed by atoms with Crippen LogP contribution in [0.1, 0.15) is 6.42 Å². The van der Waals surface area contributed by atoms with Crippen LogP contribution in [-0.4, -0.2) is 42.3 Å². The maximum Gasteiger partial charge on any atom is 0.0615 e. The molecule has 1 aliphatic heterocycles. The summed E-state index contributed by atoms with van der Waals surface area (Å²) in [5.41, 5.74) is 0. The van der Waals surface area contributed by atoms with Gasteiger partial charge in [0, 0.05) is 26.1 Å². The fourth-order valence-corrected chi connectivity index (χ4v) is 1.70. The molecular formula is C7H15NO2S. The van der Waals surface area contributed by atoms with Crippen molar-refractivity contribution in [3.05, 3.63) is 0 Å². The number of rotatable bonds is 2. The molecule has 0 saturated carbocycles. The highest BCUT2D eigenvalue weighted by Gasteiger charge is 2.25. The molecular weight excluding hydrogens is 162 g/mol. The molecule has 0 aromatic rings. The highest BCUT2D eigenvalue weighted by molar-refractivity contribution is 7.77. The molecule has 2 atom stereocenters. The van der Waals surface area contributed by atoms with Gasteiger partial charge in [-0.1, -0.05) is 12.8 Å². The number of hydrogen-bond donors (Lipinski definition) is 2. The number of nitrogens with zero attached hydrogens (tertiary/aromatic N) is 1. The van der Waals surface area contributed by atoms with E-state index in [1.165, 1.54) is 0 Å². The van der Waals surface area contributed by atoms with Gasteiger partial charge in [0.05, 0.1) is 12.7 Å². The van der Waals surface area contributed by atoms with Crippen molar-refractivity contribution in [2.45, 2.75) is 12.5 Å². The first-order valence-corrected chi connectivity index (χ1v) is 4.25. The van der Waals surface area contributed by atoms with E-state index < -0.39 is 0 Å². The molecule has 1 N–H and O–H groups in total. The molecule has 0 bridgehead atoms. The minimum Gasteiger partial charge on any atom is -0.393 e. The van der Waals surface area contributed by atoms with Crippen molar-refractivity contribution in [3.63, 3.8) is 0 Å². The molecule has 0 aliphatic carbocycles. The molecule has 1 rings (SSSR count). The zero-order chi connectivity index (χ0) is 8.27. The molecule has 2 unspecified atom stereocenters. The molecule has 4 heteroatoms. The average molecular weight is 177 g/mol. The summed E-state index contributed by atoms with van der Waals surface area (Å²) >= 11 is 4.22. The third kappa shape index (κ3) is 2.63. The molecule has 1 heterocycles. The van der Waals surface area contributed by atoms with Gasteiger partial charge in [-0.2, -0.15) is 0 Å². The van der Waals surface area contributed by atoms with Crippen LogP contribution in [-0.2, 0) is 4.74 Å². The number of hydrogen-bond acceptors (Lipinski definition) is 4. The maximum absolute atomic E-state index is 9.48. The number of aliphatic hydroxyl groups is 1. The lowest BCUT2D eigenvalue weighted by Crippen LogP contribution is -2.40. The largest absolute Gasteiger partial charge is 0.393 e. The number of thiol groups is 1. The lowest BCUT2D eigenvalue weighted by molar-refractivity contribution is 0.0123. The van der Waals surface area contributed by atoms with Crippen molar-refractivity contribution in [1.29, 1.82) is 0 Å². The number of ether oxygens (including phenoxy) is 1. The van der Waals surface area contributed by atoms with Crippen molar-refractivity contribution in [3.8, 4) is 0 Å². The summed E-state index contributed by atoms with van der Waals surface area (Å²) in [6.45, 7) is 2.31. The van der Waals surface area contributed by atoms with Gasteiger partial charge in [-0.3, -0.25) is 4.31 Å². The van der Waals surface area contributed by atoms with E-state index in [4.69, 9.17) is 4.74 Å². The summed E-state index contributed by atoms with van der Waals surface area (Å²) in [5.74, 6) is 0.228. The lowest BCUT2D eigenvalue weighted by Gasteiger charge is -2.32. The Morgan fingerprint density at radius 1 is 1.73 bits per heavy atom. The van der Waals surface area contributed by atoms with Gasteiger partial charge in [0.15, 0.2) is 0 Å². The topological polar surface area (TPSA) is 32.7 Å². The SMILES string of the molecule is COCC1CN(S)CCC1O. The minimum atomic E-state index is -0.210. The lowest BCUT2D eigenvalue weighted by atomic mass is 9.97. The van der Waals surface area contributed by atoms with Gasteiger partial charge in [0.2, 0.25) is 0 Å². The molecule has 0 spiro atoms. The van der Waals surface area contributed by atoms with E-state index in [9.17, 15) is 5.11 Å². The Morgan fingerprint density at radius 2 is 2.45 bits per heavy atom. The van der Waals surface area contributed by atoms with Gasteiger partial charge in [-0.25, -0.2) is 0 Å². The van der Waals surface area contributed by atoms with Crippen molar-refractivity contribution in [2.75, 3.05) is 26.8 Å². The molecule has 1 saturated heterocycles. The van der Waals surface area contributed by atoms with Crippen molar-refractivity contribution < 1.29 is 9.84 Å². The van der Waals surface area contributed by atoms with E-state index in [0.717, 1.165) is 19.5 Å². The van der Waals surface area contributed by atoms with Crippen LogP contribution in [0.2, 0.25) is 0 Å². The van der Waals surface area contributed by atoms with Crippen LogP contribution in [0.5, 0.6) is 0 Å². The molecule has 1 fully saturated rings. The van der Waals surface area contributed by atoms with Gasteiger partial charge in [0.1, 0.15) is 0 Å². The van der Waals surface area contributed by atoms with Crippen molar-refractivity contribution >= 4 is 12.8 Å². The molecule has 1 aliphatic rings. The highest BCUT2D eigenvalue weighted by Crippen LogP contribution is 2.18. The third-order valence-corrected chi connectivity index (χ3v) is 2.42. The van der Waals surface area contributed by atoms with Crippen LogP contribution in [0.3, 0.4) is 0 Å². The molecule has 3 nitrogen and oxygen atoms in total. The van der Waals surface area contributed by atoms with Gasteiger partial charge < -0.3 is 9.84 Å². The smallest absolute Gasteiger partial charge is 0.0615 e. The number of piperidine rings is 1. The van der Waals surface area contributed by atoms with E-state index in [1.807, 2.05) is 4.31 Å². The Morgan fingerprint density at radius 3 is 3.09 bits per heavy atom. The van der Waals surface area contributed by atoms with Crippen LogP contribution in [0.25, 0.3) is 0 Å². The Labute approximate surface area is 72.9 Å². The summed E-state index contributed by atoms with van der Waals surface area (Å²) in [5, 5.41) is 9.48. The zero-order valence-corrected chi connectivity index (χ0v) is 7.63. The fraction of sp³-hybridized carbons (Fsp3) is 1.00. The van der Waals surface area contributed by atoms with Crippen LogP contribution in [0.4, 0.5) is 0 Å². The first-order valence-electron chi connectivity index (χ1n) is 3.85. The zero-order valence-electron chi connectivity index (χ0n) is 6.73. The second-order valence-electron chi connectivity index (χ2n) is 2.98. The normalized spacial score (nSPS) is 34.1. The van der Waals surface area contributed by atoms with Gasteiger partial charge in [-0.15, -0.1) is 0 Å². The number of aliphatic hydroxyl groups excluding tert-OH is 1. The summed E-state index contributed by atoms with van der Waals surface area (Å²) in [6.07, 6.45) is 0.593. The molecule has 11 heavy (non-hydrogen) atoms. The summed E-state index contributed by atoms with van der Waals surface area (Å²) in [6, 6.07) is 0. The van der Waals surface area contributed by atoms with Crippen LogP contribution in [0.15, 0.2) is 0 Å². The summed E-state index contributed by atoms with van der Waals surface area (Å²) in [7, 11) is 1.66. The molecule has 0 radical (unpaired) electrons. The molecule has 66 valence electrons.